The number of nitrogens with one attached hydrogen (secondary N) is 1. The third-order valence-corrected chi connectivity index (χ3v) is 3.53. The molecule has 1 saturated heterocycles. The first kappa shape index (κ1) is 11.6. The van der Waals surface area contributed by atoms with Crippen LogP contribution in [0.15, 0.2) is 24.3 Å². The van der Waals surface area contributed by atoms with Gasteiger partial charge in [-0.1, -0.05) is 26.5 Å². The van der Waals surface area contributed by atoms with E-state index in [4.69, 9.17) is 0 Å². The second-order valence-electron chi connectivity index (χ2n) is 5.23. The molecule has 1 heterocycles. The molecule has 0 aromatic carbocycles. The van der Waals surface area contributed by atoms with E-state index in [1.165, 1.54) is 0 Å². The number of carbonyl (C=O) groups excluding carboxylic acids is 1. The third kappa shape index (κ3) is 1.97. The Morgan fingerprint density at radius 2 is 2.06 bits per heavy atom. The molecule has 0 amide bonds. The summed E-state index contributed by atoms with van der Waals surface area (Å²) >= 11 is 0. The number of nitrogens with zero attached hydrogens (tertiary/aromatic N) is 1. The molecule has 88 valence electrons. The number of piperazine rings is 1. The molecule has 3 nitrogen and oxygen atoms in total. The third-order valence-electron chi connectivity index (χ3n) is 3.53. The number of hydrogen-bond donors (Lipinski definition) is 1. The topological polar surface area (TPSA) is 32.3 Å². The van der Waals surface area contributed by atoms with Crippen molar-refractivity contribution >= 4 is 5.78 Å². The summed E-state index contributed by atoms with van der Waals surface area (Å²) < 4.78 is 0. The van der Waals surface area contributed by atoms with Crippen LogP contribution < -0.4 is 5.32 Å². The Bertz CT molecular complexity index is 338. The van der Waals surface area contributed by atoms with Crippen molar-refractivity contribution in [2.75, 3.05) is 26.2 Å². The van der Waals surface area contributed by atoms with Crippen LogP contribution in [0.4, 0.5) is 0 Å². The number of hydrogen-bond acceptors (Lipinski definition) is 3. The van der Waals surface area contributed by atoms with E-state index in [-0.39, 0.29) is 17.2 Å². The van der Waals surface area contributed by atoms with Gasteiger partial charge in [0.05, 0.1) is 0 Å². The smallest absolute Gasteiger partial charge is 0.182 e. The summed E-state index contributed by atoms with van der Waals surface area (Å²) in [6, 6.07) is 0.159. The summed E-state index contributed by atoms with van der Waals surface area (Å²) in [5, 5.41) is 3.33. The van der Waals surface area contributed by atoms with E-state index >= 15 is 0 Å². The lowest BCUT2D eigenvalue weighted by atomic mass is 9.74. The largest absolute Gasteiger partial charge is 0.314 e. The van der Waals surface area contributed by atoms with Gasteiger partial charge in [0.25, 0.3) is 0 Å². The van der Waals surface area contributed by atoms with E-state index in [1.54, 1.807) is 6.08 Å². The first-order valence-corrected chi connectivity index (χ1v) is 5.89. The van der Waals surface area contributed by atoms with Crippen molar-refractivity contribution in [1.29, 1.82) is 0 Å². The molecule has 3 heteroatoms. The monoisotopic (exact) mass is 220 g/mol. The first-order valence-electron chi connectivity index (χ1n) is 5.89. The fourth-order valence-corrected chi connectivity index (χ4v) is 2.70. The number of rotatable bonds is 1. The molecule has 0 aromatic rings. The Kier molecular flexibility index (Phi) is 3.00. The van der Waals surface area contributed by atoms with Crippen molar-refractivity contribution < 1.29 is 4.79 Å². The van der Waals surface area contributed by atoms with Crippen LogP contribution in [0.1, 0.15) is 13.8 Å². The minimum atomic E-state index is 0.00231. The van der Waals surface area contributed by atoms with Crippen molar-refractivity contribution in [2.45, 2.75) is 19.9 Å². The predicted molar refractivity (Wildman–Crippen MR) is 65.3 cm³/mol. The van der Waals surface area contributed by atoms with Gasteiger partial charge in [0.15, 0.2) is 5.78 Å². The summed E-state index contributed by atoms with van der Waals surface area (Å²) in [5.41, 5.74) is 0.747. The van der Waals surface area contributed by atoms with E-state index in [0.29, 0.717) is 0 Å². The maximum atomic E-state index is 11.7. The molecule has 0 radical (unpaired) electrons. The maximum absolute atomic E-state index is 11.7. The molecule has 2 rings (SSSR count). The zero-order valence-electron chi connectivity index (χ0n) is 10.1. The molecular weight excluding hydrogens is 200 g/mol. The highest BCUT2D eigenvalue weighted by molar-refractivity contribution is 6.05. The van der Waals surface area contributed by atoms with Crippen LogP contribution in [0.25, 0.3) is 0 Å². The fourth-order valence-electron chi connectivity index (χ4n) is 2.70. The van der Waals surface area contributed by atoms with Gasteiger partial charge in [-0.15, -0.1) is 0 Å². The maximum Gasteiger partial charge on any atom is 0.182 e. The van der Waals surface area contributed by atoms with Gasteiger partial charge in [-0.25, -0.2) is 0 Å². The van der Waals surface area contributed by atoms with Crippen molar-refractivity contribution in [3.8, 4) is 0 Å². The van der Waals surface area contributed by atoms with Crippen molar-refractivity contribution in [3.63, 3.8) is 0 Å². The molecule has 16 heavy (non-hydrogen) atoms. The lowest BCUT2D eigenvalue weighted by molar-refractivity contribution is -0.113. The normalized spacial score (nSPS) is 30.8. The van der Waals surface area contributed by atoms with Gasteiger partial charge in [0.1, 0.15) is 0 Å². The Labute approximate surface area is 97.2 Å². The van der Waals surface area contributed by atoms with Gasteiger partial charge in [-0.2, -0.15) is 0 Å². The average molecular weight is 220 g/mol. The highest BCUT2D eigenvalue weighted by atomic mass is 16.1. The number of carbonyl (C=O) groups is 1. The summed E-state index contributed by atoms with van der Waals surface area (Å²) in [7, 11) is 0. The molecular formula is C13H20N2O. The van der Waals surface area contributed by atoms with Crippen LogP contribution in [-0.2, 0) is 4.79 Å². The Morgan fingerprint density at radius 1 is 1.44 bits per heavy atom. The zero-order chi connectivity index (χ0) is 11.8. The van der Waals surface area contributed by atoms with E-state index in [0.717, 1.165) is 31.8 Å². The van der Waals surface area contributed by atoms with E-state index in [1.807, 2.05) is 6.08 Å². The van der Waals surface area contributed by atoms with Crippen LogP contribution >= 0.6 is 0 Å². The molecule has 0 spiro atoms. The van der Waals surface area contributed by atoms with Crippen LogP contribution in [0.2, 0.25) is 0 Å². The summed E-state index contributed by atoms with van der Waals surface area (Å²) in [5.74, 6) is 0.0860. The SMILES string of the molecule is C=C1C(=O)C=CC(C)(C)C1N1CCNCC1. The second kappa shape index (κ2) is 4.15. The minimum absolute atomic E-state index is 0.00231. The zero-order valence-corrected chi connectivity index (χ0v) is 10.1. The fraction of sp³-hybridized carbons (Fsp3) is 0.615. The van der Waals surface area contributed by atoms with Gasteiger partial charge in [-0.05, 0) is 6.08 Å². The van der Waals surface area contributed by atoms with E-state index < -0.39 is 0 Å². The van der Waals surface area contributed by atoms with Crippen LogP contribution in [0.3, 0.4) is 0 Å². The highest BCUT2D eigenvalue weighted by Gasteiger charge is 2.39. The molecule has 1 fully saturated rings. The molecule has 1 aliphatic carbocycles. The minimum Gasteiger partial charge on any atom is -0.314 e. The molecule has 1 atom stereocenters. The molecule has 1 aliphatic heterocycles. The van der Waals surface area contributed by atoms with Crippen molar-refractivity contribution in [1.82, 2.24) is 10.2 Å². The second-order valence-corrected chi connectivity index (χ2v) is 5.23. The Morgan fingerprint density at radius 3 is 2.69 bits per heavy atom. The number of ketones is 1. The summed E-state index contributed by atoms with van der Waals surface area (Å²) in [6.07, 6.45) is 3.69. The summed E-state index contributed by atoms with van der Waals surface area (Å²) in [6.45, 7) is 12.3. The molecule has 1 unspecified atom stereocenters. The van der Waals surface area contributed by atoms with Gasteiger partial charge in [-0.3, -0.25) is 9.69 Å². The Hall–Kier alpha value is -0.930. The average Bonchev–Trinajstić information content (AvgIpc) is 2.26. The highest BCUT2D eigenvalue weighted by Crippen LogP contribution is 2.35. The van der Waals surface area contributed by atoms with Gasteiger partial charge in [0.2, 0.25) is 0 Å². The predicted octanol–water partition coefficient (Wildman–Crippen LogP) is 0.981. The molecule has 2 aliphatic rings. The van der Waals surface area contributed by atoms with Crippen LogP contribution in [0, 0.1) is 5.41 Å². The summed E-state index contributed by atoms with van der Waals surface area (Å²) in [4.78, 5) is 14.1. The van der Waals surface area contributed by atoms with Gasteiger partial charge >= 0.3 is 0 Å². The Balaban J connectivity index is 2.25. The molecule has 1 N–H and O–H groups in total. The first-order chi connectivity index (χ1) is 7.52. The lowest BCUT2D eigenvalue weighted by Crippen LogP contribution is -2.55. The van der Waals surface area contributed by atoms with Crippen LogP contribution in [0.5, 0.6) is 0 Å². The van der Waals surface area contributed by atoms with Crippen LogP contribution in [-0.4, -0.2) is 42.9 Å². The molecule has 0 aromatic heterocycles. The van der Waals surface area contributed by atoms with Gasteiger partial charge < -0.3 is 5.32 Å². The lowest BCUT2D eigenvalue weighted by Gasteiger charge is -2.44. The quantitative estimate of drug-likeness (QED) is 0.669. The van der Waals surface area contributed by atoms with E-state index in [9.17, 15) is 4.79 Å². The van der Waals surface area contributed by atoms with E-state index in [2.05, 4.69) is 30.6 Å². The number of allylic oxidation sites excluding steroid dienone is 1. The molecule has 0 bridgehead atoms. The van der Waals surface area contributed by atoms with Gasteiger partial charge in [0, 0.05) is 43.2 Å². The van der Waals surface area contributed by atoms with Crippen molar-refractivity contribution in [2.24, 2.45) is 5.41 Å². The molecule has 0 saturated carbocycles. The van der Waals surface area contributed by atoms with Crippen molar-refractivity contribution in [3.05, 3.63) is 24.3 Å². The standard InChI is InChI=1S/C13H20N2O/c1-10-11(16)4-5-13(2,3)12(10)15-8-6-14-7-9-15/h4-5,12,14H,1,6-9H2,2-3H3.